The Bertz CT molecular complexity index is 798. The molecule has 0 atom stereocenters. The number of aryl methyl sites for hydroxylation is 1. The summed E-state index contributed by atoms with van der Waals surface area (Å²) < 4.78 is 7.82. The third-order valence-corrected chi connectivity index (χ3v) is 6.41. The van der Waals surface area contributed by atoms with E-state index < -0.39 is 0 Å². The first-order valence-corrected chi connectivity index (χ1v) is 11.0. The molecule has 1 aromatic carbocycles. The highest BCUT2D eigenvalue weighted by atomic mass is 32.2. The smallest absolute Gasteiger partial charge is 0.230 e. The van der Waals surface area contributed by atoms with Crippen molar-refractivity contribution in [3.05, 3.63) is 35.2 Å². The Labute approximate surface area is 171 Å². The van der Waals surface area contributed by atoms with Gasteiger partial charge in [0.15, 0.2) is 11.0 Å². The van der Waals surface area contributed by atoms with E-state index in [4.69, 9.17) is 4.74 Å². The molecule has 6 nitrogen and oxygen atoms in total. The van der Waals surface area contributed by atoms with Crippen LogP contribution in [0.4, 0.5) is 0 Å². The lowest BCUT2D eigenvalue weighted by Gasteiger charge is -2.15. The highest BCUT2D eigenvalue weighted by Crippen LogP contribution is 2.22. The van der Waals surface area contributed by atoms with Crippen molar-refractivity contribution < 1.29 is 9.53 Å². The predicted octanol–water partition coefficient (Wildman–Crippen LogP) is 3.94. The van der Waals surface area contributed by atoms with E-state index in [0.717, 1.165) is 35.1 Å². The van der Waals surface area contributed by atoms with E-state index in [2.05, 4.69) is 35.4 Å². The van der Waals surface area contributed by atoms with Gasteiger partial charge in [-0.3, -0.25) is 4.79 Å². The van der Waals surface area contributed by atoms with Gasteiger partial charge in [0, 0.05) is 13.1 Å². The molecule has 1 aliphatic carbocycles. The topological polar surface area (TPSA) is 69.0 Å². The SMILES string of the molecule is Cc1cccc(OCc2nnc(SCC(=O)NC3CCCCCC3)n2C)c1C. The molecule has 1 N–H and O–H groups in total. The van der Waals surface area contributed by atoms with Crippen molar-refractivity contribution in [2.45, 2.75) is 70.2 Å². The van der Waals surface area contributed by atoms with Crippen LogP contribution in [-0.2, 0) is 18.4 Å². The zero-order valence-electron chi connectivity index (χ0n) is 17.0. The number of nitrogens with zero attached hydrogens (tertiary/aromatic N) is 3. The van der Waals surface area contributed by atoms with Crippen LogP contribution in [0.1, 0.15) is 55.5 Å². The summed E-state index contributed by atoms with van der Waals surface area (Å²) in [6, 6.07) is 6.35. The number of rotatable bonds is 7. The summed E-state index contributed by atoms with van der Waals surface area (Å²) in [5.41, 5.74) is 2.33. The van der Waals surface area contributed by atoms with Gasteiger partial charge >= 0.3 is 0 Å². The predicted molar refractivity (Wildman–Crippen MR) is 112 cm³/mol. The molecule has 1 saturated carbocycles. The van der Waals surface area contributed by atoms with Crippen LogP contribution in [0.5, 0.6) is 5.75 Å². The standard InChI is InChI=1S/C21H30N4O2S/c1-15-9-8-12-18(16(15)2)27-13-19-23-24-21(25(19)3)28-14-20(26)22-17-10-6-4-5-7-11-17/h8-9,12,17H,4-7,10-11,13-14H2,1-3H3,(H,22,26). The van der Waals surface area contributed by atoms with Crippen LogP contribution in [-0.4, -0.2) is 32.5 Å². The number of hydrogen-bond donors (Lipinski definition) is 1. The molecule has 152 valence electrons. The van der Waals surface area contributed by atoms with Gasteiger partial charge in [0.2, 0.25) is 5.91 Å². The largest absolute Gasteiger partial charge is 0.485 e. The van der Waals surface area contributed by atoms with E-state index in [9.17, 15) is 4.79 Å². The highest BCUT2D eigenvalue weighted by Gasteiger charge is 2.16. The fourth-order valence-electron chi connectivity index (χ4n) is 3.44. The zero-order chi connectivity index (χ0) is 19.9. The van der Waals surface area contributed by atoms with Gasteiger partial charge in [0.25, 0.3) is 0 Å². The molecule has 0 aliphatic heterocycles. The normalized spacial score (nSPS) is 15.2. The molecule has 28 heavy (non-hydrogen) atoms. The van der Waals surface area contributed by atoms with Crippen molar-refractivity contribution in [3.63, 3.8) is 0 Å². The van der Waals surface area contributed by atoms with Crippen molar-refractivity contribution >= 4 is 17.7 Å². The number of carbonyl (C=O) groups is 1. The number of ether oxygens (including phenoxy) is 1. The molecule has 1 aromatic heterocycles. The maximum absolute atomic E-state index is 12.3. The molecular formula is C21H30N4O2S. The minimum Gasteiger partial charge on any atom is -0.485 e. The van der Waals surface area contributed by atoms with Gasteiger partial charge in [-0.2, -0.15) is 0 Å². The molecule has 1 fully saturated rings. The van der Waals surface area contributed by atoms with Crippen molar-refractivity contribution in [3.8, 4) is 5.75 Å². The van der Waals surface area contributed by atoms with E-state index in [1.165, 1.54) is 43.0 Å². The Morgan fingerprint density at radius 2 is 1.96 bits per heavy atom. The number of nitrogens with one attached hydrogen (secondary N) is 1. The van der Waals surface area contributed by atoms with Crippen LogP contribution in [0, 0.1) is 13.8 Å². The first-order valence-electron chi connectivity index (χ1n) is 10.0. The second-order valence-electron chi connectivity index (χ2n) is 7.49. The number of hydrogen-bond acceptors (Lipinski definition) is 5. The number of benzene rings is 1. The Hall–Kier alpha value is -2.02. The summed E-state index contributed by atoms with van der Waals surface area (Å²) in [6.45, 7) is 4.47. The lowest BCUT2D eigenvalue weighted by Crippen LogP contribution is -2.35. The Kier molecular flexibility index (Phi) is 7.36. The molecule has 1 aliphatic rings. The molecule has 0 unspecified atom stereocenters. The second kappa shape index (κ2) is 9.96. The molecule has 2 aromatic rings. The quantitative estimate of drug-likeness (QED) is 0.561. The Morgan fingerprint density at radius 1 is 1.21 bits per heavy atom. The summed E-state index contributed by atoms with van der Waals surface area (Å²) >= 11 is 1.42. The molecule has 0 saturated heterocycles. The zero-order valence-corrected chi connectivity index (χ0v) is 17.8. The van der Waals surface area contributed by atoms with Gasteiger partial charge in [-0.25, -0.2) is 0 Å². The minimum atomic E-state index is 0.0769. The summed E-state index contributed by atoms with van der Waals surface area (Å²) in [5, 5.41) is 12.3. The van der Waals surface area contributed by atoms with E-state index >= 15 is 0 Å². The lowest BCUT2D eigenvalue weighted by atomic mass is 10.1. The summed E-state index contributed by atoms with van der Waals surface area (Å²) in [7, 11) is 1.91. The van der Waals surface area contributed by atoms with Crippen LogP contribution >= 0.6 is 11.8 Å². The van der Waals surface area contributed by atoms with Crippen molar-refractivity contribution in [2.24, 2.45) is 7.05 Å². The number of thioether (sulfide) groups is 1. The average Bonchev–Trinajstić information content (AvgIpc) is 2.86. The highest BCUT2D eigenvalue weighted by molar-refractivity contribution is 7.99. The van der Waals surface area contributed by atoms with Crippen LogP contribution in [0.2, 0.25) is 0 Å². The van der Waals surface area contributed by atoms with E-state index in [0.29, 0.717) is 18.4 Å². The summed E-state index contributed by atoms with van der Waals surface area (Å²) in [4.78, 5) is 12.3. The van der Waals surface area contributed by atoms with Gasteiger partial charge < -0.3 is 14.6 Å². The number of amides is 1. The van der Waals surface area contributed by atoms with Crippen LogP contribution < -0.4 is 10.1 Å². The first kappa shape index (κ1) is 20.7. The van der Waals surface area contributed by atoms with E-state index in [1.54, 1.807) is 0 Å². The molecular weight excluding hydrogens is 372 g/mol. The van der Waals surface area contributed by atoms with Gasteiger partial charge in [0.1, 0.15) is 12.4 Å². The first-order chi connectivity index (χ1) is 13.5. The number of aromatic nitrogens is 3. The maximum atomic E-state index is 12.3. The van der Waals surface area contributed by atoms with E-state index in [1.807, 2.05) is 23.7 Å². The van der Waals surface area contributed by atoms with Crippen molar-refractivity contribution in [1.82, 2.24) is 20.1 Å². The van der Waals surface area contributed by atoms with E-state index in [-0.39, 0.29) is 5.91 Å². The average molecular weight is 403 g/mol. The molecule has 0 radical (unpaired) electrons. The van der Waals surface area contributed by atoms with Crippen LogP contribution in [0.25, 0.3) is 0 Å². The van der Waals surface area contributed by atoms with Gasteiger partial charge in [0.05, 0.1) is 5.75 Å². The molecule has 1 heterocycles. The third-order valence-electron chi connectivity index (χ3n) is 5.39. The molecule has 7 heteroatoms. The molecule has 0 bridgehead atoms. The second-order valence-corrected chi connectivity index (χ2v) is 8.43. The maximum Gasteiger partial charge on any atom is 0.230 e. The molecule has 0 spiro atoms. The molecule has 1 amide bonds. The fourth-order valence-corrected chi connectivity index (χ4v) is 4.18. The van der Waals surface area contributed by atoms with Gasteiger partial charge in [-0.05, 0) is 43.9 Å². The third kappa shape index (κ3) is 5.50. The van der Waals surface area contributed by atoms with Crippen LogP contribution in [0.15, 0.2) is 23.4 Å². The van der Waals surface area contributed by atoms with Gasteiger partial charge in [-0.15, -0.1) is 10.2 Å². The number of carbonyl (C=O) groups excluding carboxylic acids is 1. The minimum absolute atomic E-state index is 0.0769. The van der Waals surface area contributed by atoms with Gasteiger partial charge in [-0.1, -0.05) is 49.6 Å². The Morgan fingerprint density at radius 3 is 2.71 bits per heavy atom. The van der Waals surface area contributed by atoms with Crippen molar-refractivity contribution in [1.29, 1.82) is 0 Å². The van der Waals surface area contributed by atoms with Crippen LogP contribution in [0.3, 0.4) is 0 Å². The summed E-state index contributed by atoms with van der Waals surface area (Å²) in [5.74, 6) is 2.04. The Balaban J connectivity index is 1.50. The summed E-state index contributed by atoms with van der Waals surface area (Å²) in [6.07, 6.45) is 7.19. The lowest BCUT2D eigenvalue weighted by molar-refractivity contribution is -0.119. The van der Waals surface area contributed by atoms with Crippen molar-refractivity contribution in [2.75, 3.05) is 5.75 Å². The monoisotopic (exact) mass is 402 g/mol. The fraction of sp³-hybridized carbons (Fsp3) is 0.571. The molecule has 3 rings (SSSR count).